The second-order valence-electron chi connectivity index (χ2n) is 8.52. The van der Waals surface area contributed by atoms with E-state index in [4.69, 9.17) is 15.2 Å². The Bertz CT molecular complexity index is 1330. The number of aryl methyl sites for hydroxylation is 1. The summed E-state index contributed by atoms with van der Waals surface area (Å²) in [6.45, 7) is 9.23. The summed E-state index contributed by atoms with van der Waals surface area (Å²) in [5, 5.41) is 20.2. The topological polar surface area (TPSA) is 122 Å². The van der Waals surface area contributed by atoms with Crippen molar-refractivity contribution in [2.45, 2.75) is 56.6 Å². The van der Waals surface area contributed by atoms with Gasteiger partial charge in [0.2, 0.25) is 5.88 Å². The minimum Gasteiger partial charge on any atom is -0.459 e. The molecule has 186 valence electrons. The van der Waals surface area contributed by atoms with Crippen LogP contribution in [0.4, 0.5) is 0 Å². The highest BCUT2D eigenvalue weighted by Crippen LogP contribution is 2.42. The van der Waals surface area contributed by atoms with E-state index in [1.807, 2.05) is 51.3 Å². The molecule has 0 radical (unpaired) electrons. The molecule has 1 aromatic heterocycles. The van der Waals surface area contributed by atoms with Crippen LogP contribution < -0.4 is 5.73 Å². The molecule has 2 N–H and O–H groups in total. The molecular weight excluding hydrogens is 492 g/mol. The monoisotopic (exact) mass is 520 g/mol. The average molecular weight is 521 g/mol. The number of pyridine rings is 1. The van der Waals surface area contributed by atoms with Gasteiger partial charge in [-0.25, -0.2) is 9.78 Å². The molecular formula is C27H28N4O3S2. The predicted octanol–water partition coefficient (Wildman–Crippen LogP) is 5.41. The fourth-order valence-electron chi connectivity index (χ4n) is 3.84. The number of rotatable bonds is 7. The first-order valence-corrected chi connectivity index (χ1v) is 13.5. The highest BCUT2D eigenvalue weighted by molar-refractivity contribution is 7.99. The maximum Gasteiger partial charge on any atom is 0.338 e. The maximum atomic E-state index is 13.4. The number of thioether (sulfide) groups is 2. The van der Waals surface area contributed by atoms with Crippen LogP contribution in [-0.2, 0) is 14.3 Å². The van der Waals surface area contributed by atoms with Crippen LogP contribution in [0.5, 0.6) is 0 Å². The summed E-state index contributed by atoms with van der Waals surface area (Å²) < 4.78 is 11.4. The normalized spacial score (nSPS) is 15.4. The average Bonchev–Trinajstić information content (AvgIpc) is 2.85. The van der Waals surface area contributed by atoms with Crippen molar-refractivity contribution in [3.63, 3.8) is 0 Å². The Morgan fingerprint density at radius 2 is 1.83 bits per heavy atom. The van der Waals surface area contributed by atoms with Crippen molar-refractivity contribution in [1.29, 1.82) is 10.5 Å². The van der Waals surface area contributed by atoms with Crippen LogP contribution in [0, 0.1) is 43.4 Å². The zero-order valence-electron chi connectivity index (χ0n) is 21.1. The Morgan fingerprint density at radius 3 is 2.39 bits per heavy atom. The fraction of sp³-hybridized carbons (Fsp3) is 0.333. The van der Waals surface area contributed by atoms with Gasteiger partial charge in [0.15, 0.2) is 0 Å². The van der Waals surface area contributed by atoms with Crippen molar-refractivity contribution in [3.8, 4) is 12.1 Å². The molecule has 1 aromatic carbocycles. The van der Waals surface area contributed by atoms with Gasteiger partial charge in [0.25, 0.3) is 0 Å². The first kappa shape index (κ1) is 27.2. The van der Waals surface area contributed by atoms with Gasteiger partial charge in [-0.15, -0.1) is 11.8 Å². The van der Waals surface area contributed by atoms with E-state index in [9.17, 15) is 15.3 Å². The van der Waals surface area contributed by atoms with Gasteiger partial charge in [-0.3, -0.25) is 0 Å². The third-order valence-corrected chi connectivity index (χ3v) is 7.64. The summed E-state index contributed by atoms with van der Waals surface area (Å²) in [6.07, 6.45) is 1.60. The van der Waals surface area contributed by atoms with Crippen LogP contribution >= 0.6 is 23.5 Å². The highest BCUT2D eigenvalue weighted by Gasteiger charge is 2.38. The maximum absolute atomic E-state index is 13.4. The number of esters is 1. The van der Waals surface area contributed by atoms with Gasteiger partial charge in [-0.05, 0) is 69.7 Å². The van der Waals surface area contributed by atoms with Crippen molar-refractivity contribution in [2.75, 3.05) is 12.0 Å². The molecule has 0 saturated heterocycles. The summed E-state index contributed by atoms with van der Waals surface area (Å²) in [6, 6.07) is 12.0. The number of allylic oxidation sites excluding steroid dienone is 1. The largest absolute Gasteiger partial charge is 0.459 e. The lowest BCUT2D eigenvalue weighted by Crippen LogP contribution is -2.28. The quantitative estimate of drug-likeness (QED) is 0.377. The van der Waals surface area contributed by atoms with E-state index in [0.717, 1.165) is 27.3 Å². The van der Waals surface area contributed by atoms with Gasteiger partial charge in [0, 0.05) is 10.6 Å². The van der Waals surface area contributed by atoms with Gasteiger partial charge in [-0.2, -0.15) is 10.5 Å². The van der Waals surface area contributed by atoms with E-state index >= 15 is 0 Å². The van der Waals surface area contributed by atoms with Crippen LogP contribution in [0.25, 0.3) is 0 Å². The third-order valence-electron chi connectivity index (χ3n) is 5.92. The zero-order chi connectivity index (χ0) is 26.6. The molecule has 1 atom stereocenters. The van der Waals surface area contributed by atoms with Gasteiger partial charge in [-0.1, -0.05) is 23.9 Å². The predicted molar refractivity (Wildman–Crippen MR) is 141 cm³/mol. The standard InChI is InChI=1S/C27H28N4O3S2/c1-14(2)33-27(32)24-22(13-36-26-20(11-28)16(4)15(3)17(5)31-26)34-25(30)21(12-29)23(24)18-7-9-19(35-6)10-8-18/h7-10,14,23H,13,30H2,1-6H3/t23-/m1/s1. The molecule has 2 aromatic rings. The summed E-state index contributed by atoms with van der Waals surface area (Å²) in [4.78, 5) is 19.0. The van der Waals surface area contributed by atoms with E-state index in [1.54, 1.807) is 25.6 Å². The number of nitrogens with zero attached hydrogens (tertiary/aromatic N) is 3. The molecule has 9 heteroatoms. The van der Waals surface area contributed by atoms with E-state index in [2.05, 4.69) is 17.1 Å². The molecule has 1 aliphatic heterocycles. The van der Waals surface area contributed by atoms with Gasteiger partial charge < -0.3 is 15.2 Å². The summed E-state index contributed by atoms with van der Waals surface area (Å²) in [5.41, 5.74) is 10.4. The molecule has 36 heavy (non-hydrogen) atoms. The highest BCUT2D eigenvalue weighted by atomic mass is 32.2. The Morgan fingerprint density at radius 1 is 1.17 bits per heavy atom. The second kappa shape index (κ2) is 11.6. The van der Waals surface area contributed by atoms with Gasteiger partial charge in [0.05, 0.1) is 28.9 Å². The third kappa shape index (κ3) is 5.53. The summed E-state index contributed by atoms with van der Waals surface area (Å²) in [5.74, 6) is -0.929. The molecule has 0 fully saturated rings. The lowest BCUT2D eigenvalue weighted by Gasteiger charge is -2.28. The Labute approximate surface area is 220 Å². The second-order valence-corrected chi connectivity index (χ2v) is 10.4. The van der Waals surface area contributed by atoms with E-state index in [1.165, 1.54) is 11.8 Å². The smallest absolute Gasteiger partial charge is 0.338 e. The summed E-state index contributed by atoms with van der Waals surface area (Å²) >= 11 is 2.87. The number of nitrogens with two attached hydrogens (primary N) is 1. The Hall–Kier alpha value is -3.40. The van der Waals surface area contributed by atoms with Crippen LogP contribution in [0.3, 0.4) is 0 Å². The Kier molecular flexibility index (Phi) is 8.73. The lowest BCUT2D eigenvalue weighted by atomic mass is 9.83. The van der Waals surface area contributed by atoms with Crippen LogP contribution in [0.2, 0.25) is 0 Å². The number of ether oxygens (including phenoxy) is 2. The molecule has 0 aliphatic carbocycles. The fourth-order valence-corrected chi connectivity index (χ4v) is 5.27. The number of benzene rings is 1. The first-order chi connectivity index (χ1) is 17.1. The first-order valence-electron chi connectivity index (χ1n) is 11.3. The van der Waals surface area contributed by atoms with Crippen molar-refractivity contribution < 1.29 is 14.3 Å². The van der Waals surface area contributed by atoms with Crippen molar-refractivity contribution in [1.82, 2.24) is 4.98 Å². The van der Waals surface area contributed by atoms with E-state index in [-0.39, 0.29) is 34.6 Å². The van der Waals surface area contributed by atoms with Crippen molar-refractivity contribution in [3.05, 3.63) is 75.0 Å². The molecule has 0 spiro atoms. The minimum atomic E-state index is -0.744. The van der Waals surface area contributed by atoms with Gasteiger partial charge in [0.1, 0.15) is 28.5 Å². The molecule has 7 nitrogen and oxygen atoms in total. The molecule has 3 rings (SSSR count). The SMILES string of the molecule is CSc1ccc([C@@H]2C(C#N)=C(N)OC(CSc3nc(C)c(C)c(C)c3C#N)=C2C(=O)OC(C)C)cc1. The molecule has 2 heterocycles. The molecule has 0 amide bonds. The zero-order valence-corrected chi connectivity index (χ0v) is 22.8. The van der Waals surface area contributed by atoms with Crippen LogP contribution in [0.1, 0.15) is 47.7 Å². The number of hydrogen-bond acceptors (Lipinski definition) is 9. The number of carbonyl (C=O) groups is 1. The summed E-state index contributed by atoms with van der Waals surface area (Å²) in [7, 11) is 0. The van der Waals surface area contributed by atoms with Gasteiger partial charge >= 0.3 is 5.97 Å². The number of carbonyl (C=O) groups excluding carboxylic acids is 1. The van der Waals surface area contributed by atoms with Crippen molar-refractivity contribution in [2.24, 2.45) is 5.73 Å². The number of aromatic nitrogens is 1. The molecule has 0 saturated carbocycles. The molecule has 0 bridgehead atoms. The van der Waals surface area contributed by atoms with Crippen LogP contribution in [-0.4, -0.2) is 29.1 Å². The molecule has 0 unspecified atom stereocenters. The van der Waals surface area contributed by atoms with Crippen LogP contribution in [0.15, 0.2) is 57.0 Å². The van der Waals surface area contributed by atoms with Crippen molar-refractivity contribution >= 4 is 29.5 Å². The van der Waals surface area contributed by atoms with E-state index < -0.39 is 11.9 Å². The minimum absolute atomic E-state index is 0.0575. The Balaban J connectivity index is 2.13. The number of nitriles is 2. The van der Waals surface area contributed by atoms with E-state index in [0.29, 0.717) is 10.6 Å². The number of hydrogen-bond donors (Lipinski definition) is 1. The lowest BCUT2D eigenvalue weighted by molar-refractivity contribution is -0.143. The molecule has 1 aliphatic rings.